The van der Waals surface area contributed by atoms with Gasteiger partial charge in [-0.1, -0.05) is 84.3 Å². The van der Waals surface area contributed by atoms with Crippen molar-refractivity contribution in [3.63, 3.8) is 0 Å². The van der Waals surface area contributed by atoms with Crippen molar-refractivity contribution in [2.24, 2.45) is 16.2 Å². The first-order valence-electron chi connectivity index (χ1n) is 24.5. The number of amides is 4. The van der Waals surface area contributed by atoms with Gasteiger partial charge >= 0.3 is 0 Å². The lowest BCUT2D eigenvalue weighted by Crippen LogP contribution is -2.74. The molecule has 1 saturated carbocycles. The molecule has 392 valence electrons. The van der Waals surface area contributed by atoms with Gasteiger partial charge in [0, 0.05) is 81.1 Å². The molecule has 1 unspecified atom stereocenters. The number of piperazine rings is 1. The second-order valence-corrected chi connectivity index (χ2v) is 23.0. The zero-order valence-electron chi connectivity index (χ0n) is 42.5. The van der Waals surface area contributed by atoms with Crippen LogP contribution in [0.4, 0.5) is 14.6 Å². The number of β-amino-alcohol motifs (C(OH)–C–C–N with tert-alkyl or cyclic N) is 1. The van der Waals surface area contributed by atoms with Crippen molar-refractivity contribution in [3.8, 4) is 22.3 Å². The summed E-state index contributed by atoms with van der Waals surface area (Å²) < 4.78 is 37.4. The van der Waals surface area contributed by atoms with Crippen LogP contribution in [-0.2, 0) is 14.4 Å². The van der Waals surface area contributed by atoms with E-state index < -0.39 is 90.1 Å². The smallest absolute Gasteiger partial charge is 0.261 e. The molecule has 3 aliphatic rings. The molecule has 0 bridgehead atoms. The van der Waals surface area contributed by atoms with E-state index in [0.29, 0.717) is 59.5 Å². The Morgan fingerprint density at radius 3 is 2.25 bits per heavy atom. The Hall–Kier alpha value is -5.78. The van der Waals surface area contributed by atoms with E-state index in [1.165, 1.54) is 22.4 Å². The molecule has 2 aliphatic heterocycles. The lowest BCUT2D eigenvalue weighted by Gasteiger charge is -2.63. The van der Waals surface area contributed by atoms with E-state index in [0.717, 1.165) is 16.1 Å². The Morgan fingerprint density at radius 1 is 0.986 bits per heavy atom. The molecule has 20 heteroatoms. The number of alkyl halides is 2. The lowest BCUT2D eigenvalue weighted by molar-refractivity contribution is -0.164. The van der Waals surface area contributed by atoms with E-state index >= 15 is 8.78 Å². The number of likely N-dealkylation sites (tertiary alicyclic amines) is 1. The molecule has 73 heavy (non-hydrogen) atoms. The van der Waals surface area contributed by atoms with Gasteiger partial charge in [0.2, 0.25) is 17.7 Å². The highest BCUT2D eigenvalue weighted by Gasteiger charge is 2.64. The van der Waals surface area contributed by atoms with E-state index in [1.54, 1.807) is 73.6 Å². The predicted octanol–water partition coefficient (Wildman–Crippen LogP) is 6.53. The second kappa shape index (κ2) is 22.0. The number of aryl methyl sites for hydroxylation is 1. The maximum atomic E-state index is 15.5. The van der Waals surface area contributed by atoms with Gasteiger partial charge in [-0.05, 0) is 47.7 Å². The van der Waals surface area contributed by atoms with Crippen molar-refractivity contribution >= 4 is 52.4 Å². The van der Waals surface area contributed by atoms with Crippen LogP contribution in [0.25, 0.3) is 10.4 Å². The van der Waals surface area contributed by atoms with E-state index in [4.69, 9.17) is 16.3 Å². The summed E-state index contributed by atoms with van der Waals surface area (Å²) in [6.45, 7) is 15.4. The quantitative estimate of drug-likeness (QED) is 0.0764. The van der Waals surface area contributed by atoms with Gasteiger partial charge < -0.3 is 40.7 Å². The minimum absolute atomic E-state index is 0.0661. The summed E-state index contributed by atoms with van der Waals surface area (Å²) in [4.78, 5) is 69.4. The van der Waals surface area contributed by atoms with Gasteiger partial charge in [0.05, 0.1) is 57.5 Å². The molecule has 2 aromatic carbocycles. The average molecular weight is 1050 g/mol. The number of thiazole rings is 1. The fourth-order valence-corrected chi connectivity index (χ4v) is 11.7. The second-order valence-electron chi connectivity index (χ2n) is 21.7. The summed E-state index contributed by atoms with van der Waals surface area (Å²) in [5.41, 5.74) is 3.14. The van der Waals surface area contributed by atoms with Gasteiger partial charge in [-0.3, -0.25) is 24.1 Å². The van der Waals surface area contributed by atoms with E-state index in [1.807, 2.05) is 57.7 Å². The normalized spacial score (nSPS) is 21.6. The number of hydrogen-bond acceptors (Lipinski definition) is 13. The zero-order chi connectivity index (χ0) is 53.2. The molecule has 4 aromatic rings. The van der Waals surface area contributed by atoms with Crippen LogP contribution < -0.4 is 25.6 Å². The number of ether oxygens (including phenoxy) is 1. The highest BCUT2D eigenvalue weighted by Crippen LogP contribution is 2.55. The maximum Gasteiger partial charge on any atom is 0.261 e. The SMILES string of the molecule is Cc1ncsc1-c1ccc(C(CO)NC(=O)[C@@H]2C[C@@H](O)CN2C(=O)[C@@H](NC(=O)CCC(F)(F)CN2CCN(c3ccc(C(=O)NC4C(C)(C)C(Oc5ccc(C#N)c(Cl)c5)C4(C)C)cn3)CC2)C(C)(C)C)cc1. The molecule has 0 radical (unpaired) electrons. The maximum absolute atomic E-state index is 15.5. The minimum atomic E-state index is -3.23. The molecule has 3 fully saturated rings. The van der Waals surface area contributed by atoms with Crippen LogP contribution in [0.15, 0.2) is 66.3 Å². The van der Waals surface area contributed by atoms with Crippen molar-refractivity contribution in [1.82, 2.24) is 35.7 Å². The Bertz CT molecular complexity index is 2670. The molecule has 1 aliphatic carbocycles. The number of benzene rings is 2. The molecular formula is C53H66ClF2N9O7S. The molecule has 2 aromatic heterocycles. The standard InChI is InChI=1S/C53H66ClF2N9O7S/c1-31-43(73-30-59-31)33-11-9-32(10-12-33)39(28-66)60-46(70)40-23-36(67)27-65(40)47(71)44(50(2,3)4)61-42(68)17-18-53(55,56)29-63-19-21-64(22-20-63)41-16-14-35(26-58-41)45(69)62-48-51(5,6)49(52(48,7)8)72-37-15-13-34(25-57)38(54)24-37/h9-16,24,26,30,36,39-40,44,48-49,66-67H,17-23,27-29H2,1-8H3,(H,60,70)(H,61,68)(H,62,69)/t36-,39?,40+,44-,48?,49?/m1/s1. The summed E-state index contributed by atoms with van der Waals surface area (Å²) in [6.07, 6.45) is -1.17. The molecule has 7 rings (SSSR count). The van der Waals surface area contributed by atoms with Crippen LogP contribution in [0.2, 0.25) is 5.02 Å². The molecule has 5 N–H and O–H groups in total. The van der Waals surface area contributed by atoms with Crippen molar-refractivity contribution in [3.05, 3.63) is 93.7 Å². The molecule has 0 spiro atoms. The van der Waals surface area contributed by atoms with Gasteiger partial charge in [-0.15, -0.1) is 11.3 Å². The number of anilines is 1. The highest BCUT2D eigenvalue weighted by molar-refractivity contribution is 7.13. The fourth-order valence-electron chi connectivity index (χ4n) is 10.7. The monoisotopic (exact) mass is 1050 g/mol. The van der Waals surface area contributed by atoms with E-state index in [-0.39, 0.29) is 31.0 Å². The summed E-state index contributed by atoms with van der Waals surface area (Å²) >= 11 is 7.74. The largest absolute Gasteiger partial charge is 0.489 e. The Morgan fingerprint density at radius 2 is 1.67 bits per heavy atom. The molecule has 4 atom stereocenters. The Labute approximate surface area is 434 Å². The fraction of sp³-hybridized carbons (Fsp3) is 0.528. The first-order chi connectivity index (χ1) is 34.3. The number of aliphatic hydroxyl groups excluding tert-OH is 2. The predicted molar refractivity (Wildman–Crippen MR) is 274 cm³/mol. The lowest BCUT2D eigenvalue weighted by atomic mass is 9.49. The minimum Gasteiger partial charge on any atom is -0.489 e. The van der Waals surface area contributed by atoms with Gasteiger partial charge in [-0.2, -0.15) is 5.26 Å². The van der Waals surface area contributed by atoms with Crippen LogP contribution in [0.1, 0.15) is 101 Å². The summed E-state index contributed by atoms with van der Waals surface area (Å²) in [7, 11) is 0. The van der Waals surface area contributed by atoms with Gasteiger partial charge in [0.25, 0.3) is 11.8 Å². The topological polar surface area (TPSA) is 213 Å². The number of nitriles is 1. The van der Waals surface area contributed by atoms with Crippen molar-refractivity contribution in [1.29, 1.82) is 5.26 Å². The third kappa shape index (κ3) is 12.4. The van der Waals surface area contributed by atoms with Crippen molar-refractivity contribution < 1.29 is 42.9 Å². The van der Waals surface area contributed by atoms with E-state index in [9.17, 15) is 34.7 Å². The van der Waals surface area contributed by atoms with Crippen LogP contribution in [0.5, 0.6) is 5.75 Å². The Balaban J connectivity index is 0.868. The van der Waals surface area contributed by atoms with Crippen LogP contribution in [0, 0.1) is 34.5 Å². The number of rotatable bonds is 17. The van der Waals surface area contributed by atoms with Crippen LogP contribution in [-0.4, -0.2) is 136 Å². The van der Waals surface area contributed by atoms with Gasteiger partial charge in [-0.25, -0.2) is 18.7 Å². The molecule has 4 amide bonds. The van der Waals surface area contributed by atoms with Gasteiger partial charge in [0.1, 0.15) is 35.8 Å². The molecule has 2 saturated heterocycles. The number of pyridine rings is 1. The zero-order valence-corrected chi connectivity index (χ0v) is 44.1. The van der Waals surface area contributed by atoms with Crippen molar-refractivity contribution in [2.45, 2.75) is 117 Å². The first kappa shape index (κ1) is 55.0. The number of nitrogens with one attached hydrogen (secondary N) is 3. The third-order valence-corrected chi connectivity index (χ3v) is 15.7. The van der Waals surface area contributed by atoms with Crippen LogP contribution >= 0.6 is 22.9 Å². The van der Waals surface area contributed by atoms with Crippen molar-refractivity contribution in [2.75, 3.05) is 50.8 Å². The number of nitrogens with zero attached hydrogens (tertiary/aromatic N) is 6. The summed E-state index contributed by atoms with van der Waals surface area (Å²) in [6, 6.07) is 14.4. The van der Waals surface area contributed by atoms with Gasteiger partial charge in [0.15, 0.2) is 0 Å². The number of carbonyl (C=O) groups excluding carboxylic acids is 4. The molecule has 4 heterocycles. The number of aliphatic hydroxyl groups is 2. The number of halogens is 3. The Kier molecular flexibility index (Phi) is 16.6. The summed E-state index contributed by atoms with van der Waals surface area (Å²) in [5, 5.41) is 39.1. The number of aromatic nitrogens is 2. The van der Waals surface area contributed by atoms with E-state index in [2.05, 4.69) is 25.9 Å². The third-order valence-electron chi connectivity index (χ3n) is 14.4. The average Bonchev–Trinajstić information content (AvgIpc) is 3.97. The highest BCUT2D eigenvalue weighted by atomic mass is 35.5. The first-order valence-corrected chi connectivity index (χ1v) is 25.8. The number of carbonyl (C=O) groups is 4. The number of hydrogen-bond donors (Lipinski definition) is 5. The summed E-state index contributed by atoms with van der Waals surface area (Å²) in [5.74, 6) is -4.34. The molecule has 16 nitrogen and oxygen atoms in total. The van der Waals surface area contributed by atoms with Crippen LogP contribution in [0.3, 0.4) is 0 Å². The molecular weight excluding hydrogens is 980 g/mol.